The van der Waals surface area contributed by atoms with Gasteiger partial charge < -0.3 is 9.80 Å². The number of thiazole rings is 1. The Morgan fingerprint density at radius 3 is 2.74 bits per heavy atom. The number of nitrogens with zero attached hydrogens (tertiary/aromatic N) is 3. The Bertz CT molecular complexity index is 426. The Labute approximate surface area is 118 Å². The van der Waals surface area contributed by atoms with Gasteiger partial charge in [-0.1, -0.05) is 0 Å². The molecule has 1 amide bonds. The minimum atomic E-state index is 0.134. The lowest BCUT2D eigenvalue weighted by molar-refractivity contribution is -0.131. The average molecular weight is 282 g/mol. The molecular weight excluding hydrogens is 260 g/mol. The zero-order valence-electron chi connectivity index (χ0n) is 11.8. The van der Waals surface area contributed by atoms with Gasteiger partial charge >= 0.3 is 0 Å². The van der Waals surface area contributed by atoms with Gasteiger partial charge in [-0.3, -0.25) is 10.1 Å². The van der Waals surface area contributed by atoms with Gasteiger partial charge in [0.1, 0.15) is 5.01 Å². The normalized spacial score (nSPS) is 18.6. The van der Waals surface area contributed by atoms with Gasteiger partial charge in [0.2, 0.25) is 5.91 Å². The first-order valence-electron chi connectivity index (χ1n) is 6.68. The minimum absolute atomic E-state index is 0.134. The Morgan fingerprint density at radius 1 is 1.47 bits per heavy atom. The molecule has 1 aromatic heterocycles. The molecule has 19 heavy (non-hydrogen) atoms. The summed E-state index contributed by atoms with van der Waals surface area (Å²) in [4.78, 5) is 21.8. The van der Waals surface area contributed by atoms with Crippen molar-refractivity contribution in [3.8, 4) is 0 Å². The van der Waals surface area contributed by atoms with Crippen LogP contribution in [0.1, 0.15) is 22.9 Å². The number of amides is 1. The van der Waals surface area contributed by atoms with Gasteiger partial charge in [0.25, 0.3) is 0 Å². The van der Waals surface area contributed by atoms with Crippen molar-refractivity contribution in [2.45, 2.75) is 19.9 Å². The predicted octanol–water partition coefficient (Wildman–Crippen LogP) is 0.876. The summed E-state index contributed by atoms with van der Waals surface area (Å²) in [5.74, 6) is 0.188. The quantitative estimate of drug-likeness (QED) is 0.890. The third-order valence-corrected chi connectivity index (χ3v) is 4.52. The Morgan fingerprint density at radius 2 is 2.16 bits per heavy atom. The van der Waals surface area contributed by atoms with Crippen molar-refractivity contribution in [1.82, 2.24) is 20.1 Å². The SMILES string of the molecule is Cc1cnc(C(C)NCC(=O)N2CCN(C)CC2)s1. The summed E-state index contributed by atoms with van der Waals surface area (Å²) < 4.78 is 0. The summed E-state index contributed by atoms with van der Waals surface area (Å²) in [5.41, 5.74) is 0. The van der Waals surface area contributed by atoms with Crippen molar-refractivity contribution in [2.75, 3.05) is 39.8 Å². The number of hydrogen-bond acceptors (Lipinski definition) is 5. The van der Waals surface area contributed by atoms with E-state index in [0.29, 0.717) is 6.54 Å². The van der Waals surface area contributed by atoms with Crippen molar-refractivity contribution in [3.63, 3.8) is 0 Å². The first-order chi connectivity index (χ1) is 9.06. The molecule has 0 aromatic carbocycles. The molecule has 5 nitrogen and oxygen atoms in total. The number of hydrogen-bond donors (Lipinski definition) is 1. The molecule has 1 unspecified atom stereocenters. The van der Waals surface area contributed by atoms with Crippen molar-refractivity contribution < 1.29 is 4.79 Å². The summed E-state index contributed by atoms with van der Waals surface area (Å²) in [6.45, 7) is 8.09. The monoisotopic (exact) mass is 282 g/mol. The third-order valence-electron chi connectivity index (χ3n) is 3.43. The molecule has 0 radical (unpaired) electrons. The molecule has 2 rings (SSSR count). The number of carbonyl (C=O) groups excluding carboxylic acids is 1. The van der Waals surface area contributed by atoms with Crippen LogP contribution < -0.4 is 5.32 Å². The zero-order chi connectivity index (χ0) is 13.8. The second kappa shape index (κ2) is 6.45. The van der Waals surface area contributed by atoms with Gasteiger partial charge in [-0.15, -0.1) is 11.3 Å². The van der Waals surface area contributed by atoms with E-state index in [1.165, 1.54) is 4.88 Å². The smallest absolute Gasteiger partial charge is 0.236 e. The molecule has 1 aromatic rings. The van der Waals surface area contributed by atoms with Gasteiger partial charge in [-0.25, -0.2) is 4.98 Å². The lowest BCUT2D eigenvalue weighted by Crippen LogP contribution is -2.49. The molecule has 0 bridgehead atoms. The molecule has 1 atom stereocenters. The fourth-order valence-corrected chi connectivity index (χ4v) is 2.87. The maximum atomic E-state index is 12.1. The van der Waals surface area contributed by atoms with Crippen LogP contribution in [0.15, 0.2) is 6.20 Å². The Kier molecular flexibility index (Phi) is 4.90. The lowest BCUT2D eigenvalue weighted by Gasteiger charge is -2.32. The first kappa shape index (κ1) is 14.4. The third kappa shape index (κ3) is 3.99. The van der Waals surface area contributed by atoms with Crippen LogP contribution in [0.5, 0.6) is 0 Å². The van der Waals surface area contributed by atoms with Gasteiger partial charge in [0.15, 0.2) is 0 Å². The molecular formula is C13H22N4OS. The van der Waals surface area contributed by atoms with E-state index in [9.17, 15) is 4.79 Å². The van der Waals surface area contributed by atoms with Crippen LogP contribution in [0.4, 0.5) is 0 Å². The van der Waals surface area contributed by atoms with E-state index >= 15 is 0 Å². The van der Waals surface area contributed by atoms with Crippen LogP contribution in [-0.2, 0) is 4.79 Å². The molecule has 1 aliphatic heterocycles. The predicted molar refractivity (Wildman–Crippen MR) is 77.3 cm³/mol. The number of likely N-dealkylation sites (N-methyl/N-ethyl adjacent to an activating group) is 1. The summed E-state index contributed by atoms with van der Waals surface area (Å²) >= 11 is 1.68. The minimum Gasteiger partial charge on any atom is -0.339 e. The van der Waals surface area contributed by atoms with Gasteiger partial charge in [0.05, 0.1) is 12.6 Å². The standard InChI is InChI=1S/C13H22N4OS/c1-10-8-15-13(19-10)11(2)14-9-12(18)17-6-4-16(3)5-7-17/h8,11,14H,4-7,9H2,1-3H3. The van der Waals surface area contributed by atoms with Crippen LogP contribution in [0.25, 0.3) is 0 Å². The lowest BCUT2D eigenvalue weighted by atomic mass is 10.3. The van der Waals surface area contributed by atoms with E-state index in [1.54, 1.807) is 11.3 Å². The van der Waals surface area contributed by atoms with Crippen molar-refractivity contribution in [3.05, 3.63) is 16.1 Å². The number of piperazine rings is 1. The van der Waals surface area contributed by atoms with E-state index in [1.807, 2.05) is 18.0 Å². The van der Waals surface area contributed by atoms with Crippen LogP contribution in [-0.4, -0.2) is 60.5 Å². The fraction of sp³-hybridized carbons (Fsp3) is 0.692. The topological polar surface area (TPSA) is 48.5 Å². The highest BCUT2D eigenvalue weighted by molar-refractivity contribution is 7.11. The summed E-state index contributed by atoms with van der Waals surface area (Å²) in [7, 11) is 2.09. The largest absolute Gasteiger partial charge is 0.339 e. The second-order valence-corrected chi connectivity index (χ2v) is 6.36. The van der Waals surface area contributed by atoms with E-state index in [-0.39, 0.29) is 11.9 Å². The Hall–Kier alpha value is -0.980. The molecule has 0 aliphatic carbocycles. The van der Waals surface area contributed by atoms with Crippen molar-refractivity contribution in [2.24, 2.45) is 0 Å². The van der Waals surface area contributed by atoms with E-state index in [0.717, 1.165) is 31.2 Å². The van der Waals surface area contributed by atoms with Crippen LogP contribution >= 0.6 is 11.3 Å². The van der Waals surface area contributed by atoms with Gasteiger partial charge in [-0.2, -0.15) is 0 Å². The molecule has 1 N–H and O–H groups in total. The fourth-order valence-electron chi connectivity index (χ4n) is 2.07. The van der Waals surface area contributed by atoms with Crippen LogP contribution in [0, 0.1) is 6.92 Å². The second-order valence-electron chi connectivity index (χ2n) is 5.10. The Balaban J connectivity index is 1.77. The molecule has 1 aliphatic rings. The van der Waals surface area contributed by atoms with E-state index in [4.69, 9.17) is 0 Å². The van der Waals surface area contributed by atoms with Crippen molar-refractivity contribution in [1.29, 1.82) is 0 Å². The number of carbonyl (C=O) groups is 1. The van der Waals surface area contributed by atoms with Crippen LogP contribution in [0.2, 0.25) is 0 Å². The van der Waals surface area contributed by atoms with E-state index in [2.05, 4.69) is 29.2 Å². The highest BCUT2D eigenvalue weighted by Crippen LogP contribution is 2.18. The molecule has 1 saturated heterocycles. The number of rotatable bonds is 4. The van der Waals surface area contributed by atoms with E-state index < -0.39 is 0 Å². The molecule has 0 spiro atoms. The highest BCUT2D eigenvalue weighted by atomic mass is 32.1. The number of aromatic nitrogens is 1. The molecule has 0 saturated carbocycles. The maximum Gasteiger partial charge on any atom is 0.236 e. The molecule has 2 heterocycles. The summed E-state index contributed by atoms with van der Waals surface area (Å²) in [6.07, 6.45) is 1.88. The van der Waals surface area contributed by atoms with Crippen molar-refractivity contribution >= 4 is 17.2 Å². The number of nitrogens with one attached hydrogen (secondary N) is 1. The molecule has 1 fully saturated rings. The van der Waals surface area contributed by atoms with Gasteiger partial charge in [0, 0.05) is 37.3 Å². The summed E-state index contributed by atoms with van der Waals surface area (Å²) in [5, 5.41) is 4.31. The van der Waals surface area contributed by atoms with Gasteiger partial charge in [-0.05, 0) is 20.9 Å². The highest BCUT2D eigenvalue weighted by Gasteiger charge is 2.19. The van der Waals surface area contributed by atoms with Crippen LogP contribution in [0.3, 0.4) is 0 Å². The molecule has 106 valence electrons. The summed E-state index contributed by atoms with van der Waals surface area (Å²) in [6, 6.07) is 0.134. The first-order valence-corrected chi connectivity index (χ1v) is 7.50. The zero-order valence-corrected chi connectivity index (χ0v) is 12.7. The maximum absolute atomic E-state index is 12.1. The number of aryl methyl sites for hydroxylation is 1. The average Bonchev–Trinajstić information content (AvgIpc) is 2.83. The molecule has 6 heteroatoms.